The summed E-state index contributed by atoms with van der Waals surface area (Å²) in [5.74, 6) is 2.42. The van der Waals surface area contributed by atoms with Crippen LogP contribution in [0.15, 0.2) is 30.3 Å². The van der Waals surface area contributed by atoms with Crippen LogP contribution >= 0.6 is 0 Å². The number of amides is 1. The van der Waals surface area contributed by atoms with E-state index in [0.717, 1.165) is 47.5 Å². The zero-order valence-electron chi connectivity index (χ0n) is 18.8. The van der Waals surface area contributed by atoms with Crippen LogP contribution in [0.5, 0.6) is 17.2 Å². The molecule has 0 saturated heterocycles. The molecule has 0 fully saturated rings. The molecule has 0 N–H and O–H groups in total. The van der Waals surface area contributed by atoms with Crippen molar-refractivity contribution >= 4 is 5.91 Å². The Hall–Kier alpha value is -2.69. The Bertz CT molecular complexity index is 873. The number of fused-ring (bicyclic) bond motifs is 1. The zero-order chi connectivity index (χ0) is 21.7. The Morgan fingerprint density at radius 2 is 1.70 bits per heavy atom. The molecule has 5 heteroatoms. The van der Waals surface area contributed by atoms with E-state index < -0.39 is 0 Å². The molecule has 30 heavy (non-hydrogen) atoms. The molecule has 1 aliphatic heterocycles. The van der Waals surface area contributed by atoms with Gasteiger partial charge in [0, 0.05) is 13.0 Å². The molecule has 0 spiro atoms. The van der Waals surface area contributed by atoms with Crippen LogP contribution in [0.3, 0.4) is 0 Å². The highest BCUT2D eigenvalue weighted by atomic mass is 16.5. The van der Waals surface area contributed by atoms with Crippen molar-refractivity contribution in [1.82, 2.24) is 4.90 Å². The number of rotatable bonds is 8. The first-order valence-corrected chi connectivity index (χ1v) is 10.7. The van der Waals surface area contributed by atoms with E-state index in [4.69, 9.17) is 14.2 Å². The molecule has 162 valence electrons. The van der Waals surface area contributed by atoms with Crippen molar-refractivity contribution in [3.05, 3.63) is 52.6 Å². The lowest BCUT2D eigenvalue weighted by Gasteiger charge is -2.37. The van der Waals surface area contributed by atoms with Gasteiger partial charge in [0.1, 0.15) is 12.4 Å². The number of unbranched alkanes of at least 4 members (excludes halogenated alkanes) is 1. The Kier molecular flexibility index (Phi) is 7.24. The highest BCUT2D eigenvalue weighted by Crippen LogP contribution is 2.38. The Balaban J connectivity index is 1.93. The first-order chi connectivity index (χ1) is 14.5. The molecule has 2 aromatic carbocycles. The lowest BCUT2D eigenvalue weighted by Crippen LogP contribution is -2.42. The third-order valence-electron chi connectivity index (χ3n) is 5.67. The summed E-state index contributed by atoms with van der Waals surface area (Å²) in [5.41, 5.74) is 4.59. The molecule has 0 aliphatic carbocycles. The number of benzene rings is 2. The average Bonchev–Trinajstić information content (AvgIpc) is 2.73. The SMILES string of the molecule is CCCCC(=O)N1CCc2cc(OC)c(OC)cc2[C@H]1COc1cc(C)cc(C)c1. The van der Waals surface area contributed by atoms with Crippen molar-refractivity contribution in [3.63, 3.8) is 0 Å². The lowest BCUT2D eigenvalue weighted by atomic mass is 9.91. The standard InChI is InChI=1S/C25H33NO4/c1-6-7-8-25(27)26-10-9-19-14-23(28-4)24(29-5)15-21(19)22(26)16-30-20-12-17(2)11-18(3)13-20/h11-15,22H,6-10,16H2,1-5H3/t22-/m1/s1. The molecule has 5 nitrogen and oxygen atoms in total. The van der Waals surface area contributed by atoms with Gasteiger partial charge in [-0.25, -0.2) is 0 Å². The second-order valence-corrected chi connectivity index (χ2v) is 8.00. The molecule has 2 aromatic rings. The summed E-state index contributed by atoms with van der Waals surface area (Å²) in [4.78, 5) is 15.0. The van der Waals surface area contributed by atoms with Crippen LogP contribution in [0.25, 0.3) is 0 Å². The lowest BCUT2D eigenvalue weighted by molar-refractivity contribution is -0.135. The van der Waals surface area contributed by atoms with Crippen molar-refractivity contribution in [2.75, 3.05) is 27.4 Å². The summed E-state index contributed by atoms with van der Waals surface area (Å²) in [6.45, 7) is 7.33. The minimum Gasteiger partial charge on any atom is -0.493 e. The largest absolute Gasteiger partial charge is 0.493 e. The fourth-order valence-corrected chi connectivity index (χ4v) is 4.17. The van der Waals surface area contributed by atoms with Gasteiger partial charge in [-0.05, 0) is 73.2 Å². The van der Waals surface area contributed by atoms with Crippen LogP contribution in [-0.4, -0.2) is 38.2 Å². The third-order valence-corrected chi connectivity index (χ3v) is 5.67. The maximum Gasteiger partial charge on any atom is 0.223 e. The van der Waals surface area contributed by atoms with Crippen LogP contribution < -0.4 is 14.2 Å². The maximum atomic E-state index is 13.0. The minimum absolute atomic E-state index is 0.154. The predicted molar refractivity (Wildman–Crippen MR) is 119 cm³/mol. The van der Waals surface area contributed by atoms with E-state index >= 15 is 0 Å². The van der Waals surface area contributed by atoms with Gasteiger partial charge >= 0.3 is 0 Å². The number of carbonyl (C=O) groups is 1. The Labute approximate surface area is 179 Å². The summed E-state index contributed by atoms with van der Waals surface area (Å²) >= 11 is 0. The fourth-order valence-electron chi connectivity index (χ4n) is 4.17. The number of hydrogen-bond acceptors (Lipinski definition) is 4. The molecule has 0 saturated carbocycles. The van der Waals surface area contributed by atoms with E-state index in [1.807, 2.05) is 29.2 Å². The zero-order valence-corrected chi connectivity index (χ0v) is 18.8. The normalized spacial score (nSPS) is 15.5. The molecule has 0 bridgehead atoms. The smallest absolute Gasteiger partial charge is 0.223 e. The van der Waals surface area contributed by atoms with Crippen LogP contribution in [0.4, 0.5) is 0 Å². The average molecular weight is 412 g/mol. The van der Waals surface area contributed by atoms with Crippen LogP contribution in [-0.2, 0) is 11.2 Å². The van der Waals surface area contributed by atoms with Gasteiger partial charge < -0.3 is 19.1 Å². The maximum absolute atomic E-state index is 13.0. The number of aryl methyl sites for hydroxylation is 2. The van der Waals surface area contributed by atoms with Crippen LogP contribution in [0.2, 0.25) is 0 Å². The van der Waals surface area contributed by atoms with Gasteiger partial charge in [0.2, 0.25) is 5.91 Å². The second-order valence-electron chi connectivity index (χ2n) is 8.00. The van der Waals surface area contributed by atoms with E-state index in [1.54, 1.807) is 14.2 Å². The molecular formula is C25H33NO4. The van der Waals surface area contributed by atoms with Gasteiger partial charge in [0.25, 0.3) is 0 Å². The number of carbonyl (C=O) groups excluding carboxylic acids is 1. The van der Waals surface area contributed by atoms with Gasteiger partial charge in [0.15, 0.2) is 11.5 Å². The van der Waals surface area contributed by atoms with E-state index in [2.05, 4.69) is 26.8 Å². The summed E-state index contributed by atoms with van der Waals surface area (Å²) < 4.78 is 17.2. The van der Waals surface area contributed by atoms with Gasteiger partial charge in [-0.1, -0.05) is 19.4 Å². The molecule has 1 amide bonds. The predicted octanol–water partition coefficient (Wildman–Crippen LogP) is 5.02. The van der Waals surface area contributed by atoms with Crippen LogP contribution in [0.1, 0.15) is 54.5 Å². The van der Waals surface area contributed by atoms with Crippen molar-refractivity contribution in [2.45, 2.75) is 52.5 Å². The van der Waals surface area contributed by atoms with Crippen molar-refractivity contribution in [2.24, 2.45) is 0 Å². The highest BCUT2D eigenvalue weighted by molar-refractivity contribution is 5.77. The van der Waals surface area contributed by atoms with Gasteiger partial charge in [-0.3, -0.25) is 4.79 Å². The summed E-state index contributed by atoms with van der Waals surface area (Å²) in [5, 5.41) is 0. The summed E-state index contributed by atoms with van der Waals surface area (Å²) in [6.07, 6.45) is 3.27. The summed E-state index contributed by atoms with van der Waals surface area (Å²) in [6, 6.07) is 10.1. The number of nitrogens with zero attached hydrogens (tertiary/aromatic N) is 1. The van der Waals surface area contributed by atoms with E-state index in [9.17, 15) is 4.79 Å². The molecule has 0 radical (unpaired) electrons. The molecule has 3 rings (SSSR count). The molecule has 1 aliphatic rings. The van der Waals surface area contributed by atoms with E-state index in [-0.39, 0.29) is 11.9 Å². The Morgan fingerprint density at radius 3 is 2.33 bits per heavy atom. The number of methoxy groups -OCH3 is 2. The van der Waals surface area contributed by atoms with E-state index in [0.29, 0.717) is 25.3 Å². The van der Waals surface area contributed by atoms with Crippen molar-refractivity contribution < 1.29 is 19.0 Å². The topological polar surface area (TPSA) is 48.0 Å². The molecule has 1 heterocycles. The summed E-state index contributed by atoms with van der Waals surface area (Å²) in [7, 11) is 3.28. The monoisotopic (exact) mass is 411 g/mol. The molecule has 0 unspecified atom stereocenters. The molecule has 1 atom stereocenters. The van der Waals surface area contributed by atoms with Crippen molar-refractivity contribution in [1.29, 1.82) is 0 Å². The minimum atomic E-state index is -0.154. The highest BCUT2D eigenvalue weighted by Gasteiger charge is 2.32. The number of ether oxygens (including phenoxy) is 3. The second kappa shape index (κ2) is 9.88. The van der Waals surface area contributed by atoms with Crippen molar-refractivity contribution in [3.8, 4) is 17.2 Å². The third kappa shape index (κ3) is 4.89. The van der Waals surface area contributed by atoms with E-state index in [1.165, 1.54) is 5.56 Å². The first-order valence-electron chi connectivity index (χ1n) is 10.7. The van der Waals surface area contributed by atoms with Crippen LogP contribution in [0, 0.1) is 13.8 Å². The van der Waals surface area contributed by atoms with Gasteiger partial charge in [0.05, 0.1) is 20.3 Å². The molecular weight excluding hydrogens is 378 g/mol. The Morgan fingerprint density at radius 1 is 1.03 bits per heavy atom. The fraction of sp³-hybridized carbons (Fsp3) is 0.480. The quantitative estimate of drug-likeness (QED) is 0.612. The number of hydrogen-bond donors (Lipinski definition) is 0. The first kappa shape index (κ1) is 22.0. The van der Waals surface area contributed by atoms with Gasteiger partial charge in [-0.15, -0.1) is 0 Å². The van der Waals surface area contributed by atoms with Gasteiger partial charge in [-0.2, -0.15) is 0 Å². The molecule has 0 aromatic heterocycles.